The molecule has 0 aliphatic carbocycles. The van der Waals surface area contributed by atoms with E-state index in [0.717, 1.165) is 24.2 Å². The normalized spacial score (nSPS) is 18.8. The number of anilines is 1. The molecular formula is C22H26ClN3O3. The van der Waals surface area contributed by atoms with Crippen LogP contribution in [0.5, 0.6) is 5.75 Å². The lowest BCUT2D eigenvalue weighted by Crippen LogP contribution is -2.52. The molecule has 2 N–H and O–H groups in total. The number of likely N-dealkylation sites (tertiary alicyclic amines) is 1. The topological polar surface area (TPSA) is 70.7 Å². The summed E-state index contributed by atoms with van der Waals surface area (Å²) >= 11 is 5.98. The van der Waals surface area contributed by atoms with E-state index in [1.807, 2.05) is 31.2 Å². The van der Waals surface area contributed by atoms with Crippen LogP contribution in [-0.4, -0.2) is 37.0 Å². The van der Waals surface area contributed by atoms with Gasteiger partial charge in [0, 0.05) is 30.3 Å². The van der Waals surface area contributed by atoms with Crippen LogP contribution in [0.2, 0.25) is 5.02 Å². The number of halogens is 1. The molecule has 2 aromatic rings. The highest BCUT2D eigenvalue weighted by Gasteiger charge is 2.39. The number of hydrogen-bond donors (Lipinski definition) is 2. The Morgan fingerprint density at radius 2 is 2.00 bits per heavy atom. The molecule has 7 heteroatoms. The van der Waals surface area contributed by atoms with Crippen LogP contribution in [0.4, 0.5) is 10.5 Å². The molecule has 1 fully saturated rings. The first-order valence-corrected chi connectivity index (χ1v) is 10.0. The van der Waals surface area contributed by atoms with Gasteiger partial charge in [-0.2, -0.15) is 0 Å². The first-order valence-electron chi connectivity index (χ1n) is 9.62. The summed E-state index contributed by atoms with van der Waals surface area (Å²) in [4.78, 5) is 27.3. The van der Waals surface area contributed by atoms with Gasteiger partial charge in [-0.05, 0) is 55.7 Å². The number of urea groups is 1. The van der Waals surface area contributed by atoms with Crippen molar-refractivity contribution in [3.05, 3.63) is 59.1 Å². The fraction of sp³-hybridized carbons (Fsp3) is 0.364. The van der Waals surface area contributed by atoms with E-state index in [1.165, 1.54) is 0 Å². The number of nitrogens with zero attached hydrogens (tertiary/aromatic N) is 1. The van der Waals surface area contributed by atoms with Crippen molar-refractivity contribution in [1.29, 1.82) is 0 Å². The zero-order valence-electron chi connectivity index (χ0n) is 16.7. The maximum absolute atomic E-state index is 12.9. The minimum absolute atomic E-state index is 0.0550. The van der Waals surface area contributed by atoms with Gasteiger partial charge in [-0.3, -0.25) is 4.79 Å². The van der Waals surface area contributed by atoms with Crippen molar-refractivity contribution >= 4 is 29.2 Å². The molecule has 0 unspecified atom stereocenters. The van der Waals surface area contributed by atoms with E-state index in [0.29, 0.717) is 30.3 Å². The van der Waals surface area contributed by atoms with Crippen LogP contribution >= 0.6 is 11.6 Å². The Balaban J connectivity index is 1.59. The monoisotopic (exact) mass is 415 g/mol. The van der Waals surface area contributed by atoms with Crippen molar-refractivity contribution in [1.82, 2.24) is 10.2 Å². The number of benzene rings is 2. The van der Waals surface area contributed by atoms with Crippen LogP contribution in [0.15, 0.2) is 48.5 Å². The van der Waals surface area contributed by atoms with Crippen molar-refractivity contribution in [2.24, 2.45) is 5.41 Å². The van der Waals surface area contributed by atoms with Gasteiger partial charge in [-0.1, -0.05) is 29.8 Å². The minimum atomic E-state index is -0.636. The summed E-state index contributed by atoms with van der Waals surface area (Å²) in [5, 5.41) is 6.42. The number of methoxy groups -OCH3 is 1. The van der Waals surface area contributed by atoms with Crippen molar-refractivity contribution in [3.63, 3.8) is 0 Å². The van der Waals surface area contributed by atoms with E-state index < -0.39 is 5.41 Å². The third kappa shape index (κ3) is 5.41. The second-order valence-electron chi connectivity index (χ2n) is 7.56. The number of ether oxygens (including phenoxy) is 1. The van der Waals surface area contributed by atoms with E-state index in [2.05, 4.69) is 10.6 Å². The second kappa shape index (κ2) is 9.18. The van der Waals surface area contributed by atoms with Crippen LogP contribution in [0.25, 0.3) is 0 Å². The number of amides is 3. The van der Waals surface area contributed by atoms with Gasteiger partial charge >= 0.3 is 6.03 Å². The number of carbonyl (C=O) groups excluding carboxylic acids is 2. The Bertz CT molecular complexity index is 889. The van der Waals surface area contributed by atoms with Gasteiger partial charge in [0.05, 0.1) is 12.5 Å². The number of piperidine rings is 1. The zero-order valence-corrected chi connectivity index (χ0v) is 17.5. The number of nitrogens with one attached hydrogen (secondary N) is 2. The SMILES string of the molecule is COc1cccc(CNC(=O)[C@]2(C)CCCN(C(=O)Nc3cccc(Cl)c3)C2)c1. The van der Waals surface area contributed by atoms with Gasteiger partial charge in [0.15, 0.2) is 0 Å². The molecule has 0 bridgehead atoms. The van der Waals surface area contributed by atoms with Crippen LogP contribution in [0, 0.1) is 5.41 Å². The smallest absolute Gasteiger partial charge is 0.321 e. The summed E-state index contributed by atoms with van der Waals surface area (Å²) in [6, 6.07) is 14.4. The van der Waals surface area contributed by atoms with Gasteiger partial charge in [0.1, 0.15) is 5.75 Å². The van der Waals surface area contributed by atoms with E-state index in [4.69, 9.17) is 16.3 Å². The van der Waals surface area contributed by atoms with Crippen LogP contribution in [-0.2, 0) is 11.3 Å². The Kier molecular flexibility index (Phi) is 6.64. The fourth-order valence-corrected chi connectivity index (χ4v) is 3.74. The Labute approximate surface area is 176 Å². The van der Waals surface area contributed by atoms with Gasteiger partial charge in [-0.15, -0.1) is 0 Å². The van der Waals surface area contributed by atoms with Gasteiger partial charge in [-0.25, -0.2) is 4.79 Å². The predicted molar refractivity (Wildman–Crippen MR) is 114 cm³/mol. The van der Waals surface area contributed by atoms with Crippen LogP contribution in [0.1, 0.15) is 25.3 Å². The predicted octanol–water partition coefficient (Wildman–Crippen LogP) is 4.30. The lowest BCUT2D eigenvalue weighted by atomic mass is 9.81. The highest BCUT2D eigenvalue weighted by atomic mass is 35.5. The molecule has 3 rings (SSSR count). The lowest BCUT2D eigenvalue weighted by molar-refractivity contribution is -0.132. The number of carbonyl (C=O) groups is 2. The molecule has 2 aromatic carbocycles. The lowest BCUT2D eigenvalue weighted by Gasteiger charge is -2.39. The molecule has 0 saturated carbocycles. The molecule has 154 valence electrons. The molecule has 3 amide bonds. The zero-order chi connectivity index (χ0) is 20.9. The highest BCUT2D eigenvalue weighted by Crippen LogP contribution is 2.30. The minimum Gasteiger partial charge on any atom is -0.497 e. The first kappa shape index (κ1) is 21.0. The third-order valence-corrected chi connectivity index (χ3v) is 5.43. The van der Waals surface area contributed by atoms with E-state index in [9.17, 15) is 9.59 Å². The molecule has 1 aliphatic rings. The highest BCUT2D eigenvalue weighted by molar-refractivity contribution is 6.30. The third-order valence-electron chi connectivity index (χ3n) is 5.19. The quantitative estimate of drug-likeness (QED) is 0.764. The van der Waals surface area contributed by atoms with Crippen molar-refractivity contribution in [2.45, 2.75) is 26.3 Å². The molecule has 1 atom stereocenters. The van der Waals surface area contributed by atoms with Gasteiger partial charge in [0.2, 0.25) is 5.91 Å². The summed E-state index contributed by atoms with van der Waals surface area (Å²) in [5.74, 6) is 0.699. The number of rotatable bonds is 5. The summed E-state index contributed by atoms with van der Waals surface area (Å²) in [6.07, 6.45) is 1.50. The molecule has 1 heterocycles. The standard InChI is InChI=1S/C22H26ClN3O3/c1-22(20(27)24-14-16-6-3-9-19(12-16)29-2)10-5-11-26(15-22)21(28)25-18-8-4-7-17(23)13-18/h3-4,6-9,12-13H,5,10-11,14-15H2,1-2H3,(H,24,27)(H,25,28)/t22-/m1/s1. The molecule has 6 nitrogen and oxygen atoms in total. The summed E-state index contributed by atoms with van der Waals surface area (Å²) in [6.45, 7) is 3.31. The molecule has 29 heavy (non-hydrogen) atoms. The van der Waals surface area contributed by atoms with Crippen molar-refractivity contribution < 1.29 is 14.3 Å². The fourth-order valence-electron chi connectivity index (χ4n) is 3.55. The average molecular weight is 416 g/mol. The molecule has 0 spiro atoms. The maximum atomic E-state index is 12.9. The van der Waals surface area contributed by atoms with Crippen molar-refractivity contribution in [2.75, 3.05) is 25.5 Å². The molecule has 1 saturated heterocycles. The Hall–Kier alpha value is -2.73. The van der Waals surface area contributed by atoms with E-state index in [-0.39, 0.29) is 11.9 Å². The van der Waals surface area contributed by atoms with Gasteiger partial charge < -0.3 is 20.3 Å². The number of hydrogen-bond acceptors (Lipinski definition) is 3. The van der Waals surface area contributed by atoms with Crippen LogP contribution < -0.4 is 15.4 Å². The Morgan fingerprint density at radius 1 is 1.21 bits per heavy atom. The molecule has 0 aromatic heterocycles. The summed E-state index contributed by atoms with van der Waals surface area (Å²) in [7, 11) is 1.61. The van der Waals surface area contributed by atoms with Crippen LogP contribution in [0.3, 0.4) is 0 Å². The molecular weight excluding hydrogens is 390 g/mol. The molecule has 0 radical (unpaired) electrons. The van der Waals surface area contributed by atoms with Crippen molar-refractivity contribution in [3.8, 4) is 5.75 Å². The summed E-state index contributed by atoms with van der Waals surface area (Å²) in [5.41, 5.74) is 0.966. The maximum Gasteiger partial charge on any atom is 0.321 e. The Morgan fingerprint density at radius 3 is 2.76 bits per heavy atom. The largest absolute Gasteiger partial charge is 0.497 e. The van der Waals surface area contributed by atoms with Gasteiger partial charge in [0.25, 0.3) is 0 Å². The summed E-state index contributed by atoms with van der Waals surface area (Å²) < 4.78 is 5.22. The first-order chi connectivity index (χ1) is 13.9. The average Bonchev–Trinajstić information content (AvgIpc) is 2.72. The second-order valence-corrected chi connectivity index (χ2v) is 8.00. The van der Waals surface area contributed by atoms with E-state index >= 15 is 0 Å². The molecule has 1 aliphatic heterocycles. The van der Waals surface area contributed by atoms with E-state index in [1.54, 1.807) is 36.3 Å².